The van der Waals surface area contributed by atoms with Crippen LogP contribution < -0.4 is 0 Å². The molecule has 0 fully saturated rings. The molecule has 3 rings (SSSR count). The van der Waals surface area contributed by atoms with Crippen LogP contribution in [-0.4, -0.2) is 34.8 Å². The van der Waals surface area contributed by atoms with Gasteiger partial charge in [0.25, 0.3) is 5.91 Å². The Hall–Kier alpha value is -2.70. The molecule has 0 spiro atoms. The first-order valence-electron chi connectivity index (χ1n) is 7.67. The zero-order chi connectivity index (χ0) is 17.1. The minimum absolute atomic E-state index is 0.164. The summed E-state index contributed by atoms with van der Waals surface area (Å²) in [5.74, 6) is -0.441. The van der Waals surface area contributed by atoms with E-state index >= 15 is 0 Å². The van der Waals surface area contributed by atoms with Crippen molar-refractivity contribution in [1.82, 2.24) is 10.1 Å². The second-order valence-corrected chi connectivity index (χ2v) is 5.81. The van der Waals surface area contributed by atoms with Crippen LogP contribution in [-0.2, 0) is 16.1 Å². The Kier molecular flexibility index (Phi) is 4.59. The summed E-state index contributed by atoms with van der Waals surface area (Å²) in [6, 6.07) is 7.71. The number of aromatic nitrogens is 1. The van der Waals surface area contributed by atoms with E-state index in [1.807, 2.05) is 6.92 Å². The highest BCUT2D eigenvalue weighted by Crippen LogP contribution is 2.22. The molecule has 1 aromatic heterocycles. The molecule has 0 unspecified atom stereocenters. The normalized spacial score (nSPS) is 18.0. The van der Waals surface area contributed by atoms with Crippen molar-refractivity contribution in [1.29, 1.82) is 0 Å². The zero-order valence-electron chi connectivity index (χ0n) is 13.5. The molecule has 1 aromatic carbocycles. The molecule has 0 saturated heterocycles. The predicted octanol–water partition coefficient (Wildman–Crippen LogP) is 2.72. The largest absolute Gasteiger partial charge is 0.382 e. The third-order valence-corrected chi connectivity index (χ3v) is 4.14. The fourth-order valence-corrected chi connectivity index (χ4v) is 2.56. The molecule has 1 aliphatic rings. The molecule has 126 valence electrons. The minimum atomic E-state index is -0.639. The van der Waals surface area contributed by atoms with E-state index < -0.39 is 6.10 Å². The average molecular weight is 331 g/mol. The van der Waals surface area contributed by atoms with E-state index in [1.165, 1.54) is 18.4 Å². The van der Waals surface area contributed by atoms with Crippen LogP contribution >= 0.6 is 0 Å². The first-order valence-corrected chi connectivity index (χ1v) is 7.67. The second-order valence-electron chi connectivity index (χ2n) is 5.81. The highest BCUT2D eigenvalue weighted by Gasteiger charge is 2.33. The van der Waals surface area contributed by atoms with Crippen molar-refractivity contribution < 1.29 is 18.5 Å². The van der Waals surface area contributed by atoms with Gasteiger partial charge in [-0.3, -0.25) is 4.79 Å². The molecular formula is C17H18FN3O3. The molecule has 2 aromatic rings. The van der Waals surface area contributed by atoms with E-state index in [-0.39, 0.29) is 17.8 Å². The van der Waals surface area contributed by atoms with Gasteiger partial charge >= 0.3 is 0 Å². The molecule has 0 bridgehead atoms. The number of benzene rings is 1. The standard InChI is InChI=1S/C17H18FN3O3/c1-11(15-7-8-23-20-15)21(2)17(22)16-10-14(19-24-16)9-12-3-5-13(18)6-4-12/h3-8,11,16H,9-10H2,1-2H3/t11-,16+/m0/s1. The van der Waals surface area contributed by atoms with Crippen molar-refractivity contribution in [3.8, 4) is 0 Å². The lowest BCUT2D eigenvalue weighted by Gasteiger charge is -2.24. The molecule has 7 heteroatoms. The highest BCUT2D eigenvalue weighted by atomic mass is 19.1. The number of carbonyl (C=O) groups excluding carboxylic acids is 1. The van der Waals surface area contributed by atoms with Crippen molar-refractivity contribution in [3.63, 3.8) is 0 Å². The van der Waals surface area contributed by atoms with Gasteiger partial charge in [0.15, 0.2) is 0 Å². The Morgan fingerprint density at radius 1 is 1.38 bits per heavy atom. The summed E-state index contributed by atoms with van der Waals surface area (Å²) in [4.78, 5) is 19.4. The molecule has 1 aliphatic heterocycles. The molecule has 0 aliphatic carbocycles. The van der Waals surface area contributed by atoms with Gasteiger partial charge in [0, 0.05) is 26.0 Å². The van der Waals surface area contributed by atoms with E-state index in [1.54, 1.807) is 30.1 Å². The summed E-state index contributed by atoms with van der Waals surface area (Å²) in [6.45, 7) is 1.87. The van der Waals surface area contributed by atoms with Gasteiger partial charge in [-0.05, 0) is 24.6 Å². The Labute approximate surface area is 138 Å². The lowest BCUT2D eigenvalue weighted by molar-refractivity contribution is -0.142. The molecular weight excluding hydrogens is 313 g/mol. The number of likely N-dealkylation sites (N-methyl/N-ethyl adjacent to an activating group) is 1. The van der Waals surface area contributed by atoms with Crippen LogP contribution in [0.4, 0.5) is 4.39 Å². The maximum Gasteiger partial charge on any atom is 0.267 e. The Bertz CT molecular complexity index is 728. The third kappa shape index (κ3) is 3.45. The maximum atomic E-state index is 12.9. The van der Waals surface area contributed by atoms with E-state index in [0.29, 0.717) is 18.5 Å². The number of hydrogen-bond acceptors (Lipinski definition) is 5. The molecule has 0 N–H and O–H groups in total. The van der Waals surface area contributed by atoms with Gasteiger partial charge in [-0.15, -0.1) is 0 Å². The van der Waals surface area contributed by atoms with Crippen LogP contribution in [0.5, 0.6) is 0 Å². The molecule has 24 heavy (non-hydrogen) atoms. The fourth-order valence-electron chi connectivity index (χ4n) is 2.56. The van der Waals surface area contributed by atoms with Gasteiger partial charge in [0.2, 0.25) is 6.10 Å². The quantitative estimate of drug-likeness (QED) is 0.845. The summed E-state index contributed by atoms with van der Waals surface area (Å²) in [5.41, 5.74) is 2.37. The van der Waals surface area contributed by atoms with Gasteiger partial charge in [-0.25, -0.2) is 4.39 Å². The van der Waals surface area contributed by atoms with Crippen molar-refractivity contribution in [2.45, 2.75) is 31.9 Å². The smallest absolute Gasteiger partial charge is 0.267 e. The van der Waals surface area contributed by atoms with Crippen LogP contribution in [0.15, 0.2) is 46.3 Å². The Balaban J connectivity index is 1.57. The van der Waals surface area contributed by atoms with Crippen LogP contribution in [0.25, 0.3) is 0 Å². The van der Waals surface area contributed by atoms with Gasteiger partial charge in [-0.1, -0.05) is 22.4 Å². The Morgan fingerprint density at radius 2 is 2.12 bits per heavy atom. The first-order chi connectivity index (χ1) is 11.5. The van der Waals surface area contributed by atoms with Crippen molar-refractivity contribution in [2.75, 3.05) is 7.05 Å². The van der Waals surface area contributed by atoms with Crippen molar-refractivity contribution in [3.05, 3.63) is 53.7 Å². The lowest BCUT2D eigenvalue weighted by Crippen LogP contribution is -2.38. The van der Waals surface area contributed by atoms with Crippen LogP contribution in [0.3, 0.4) is 0 Å². The molecule has 0 saturated carbocycles. The summed E-state index contributed by atoms with van der Waals surface area (Å²) in [6.07, 6.45) is 1.79. The predicted molar refractivity (Wildman–Crippen MR) is 84.7 cm³/mol. The van der Waals surface area contributed by atoms with Crippen molar-refractivity contribution in [2.24, 2.45) is 5.16 Å². The molecule has 6 nitrogen and oxygen atoms in total. The summed E-state index contributed by atoms with van der Waals surface area (Å²) in [7, 11) is 1.70. The van der Waals surface area contributed by atoms with E-state index in [0.717, 1.165) is 11.3 Å². The van der Waals surface area contributed by atoms with Crippen molar-refractivity contribution >= 4 is 11.6 Å². The van der Waals surface area contributed by atoms with Crippen LogP contribution in [0.2, 0.25) is 0 Å². The Morgan fingerprint density at radius 3 is 2.79 bits per heavy atom. The van der Waals surface area contributed by atoms with Gasteiger partial charge < -0.3 is 14.3 Å². The van der Waals surface area contributed by atoms with E-state index in [9.17, 15) is 9.18 Å². The maximum absolute atomic E-state index is 12.9. The summed E-state index contributed by atoms with van der Waals surface area (Å²) < 4.78 is 17.7. The fraction of sp³-hybridized carbons (Fsp3) is 0.353. The van der Waals surface area contributed by atoms with Gasteiger partial charge in [0.1, 0.15) is 17.8 Å². The highest BCUT2D eigenvalue weighted by molar-refractivity contribution is 5.94. The average Bonchev–Trinajstić information content (AvgIpc) is 3.26. The van der Waals surface area contributed by atoms with Gasteiger partial charge in [-0.2, -0.15) is 0 Å². The number of hydrogen-bond donors (Lipinski definition) is 0. The van der Waals surface area contributed by atoms with E-state index in [2.05, 4.69) is 10.3 Å². The second kappa shape index (κ2) is 6.82. The van der Waals surface area contributed by atoms with Crippen LogP contribution in [0.1, 0.15) is 30.6 Å². The van der Waals surface area contributed by atoms with E-state index in [4.69, 9.17) is 9.36 Å². The monoisotopic (exact) mass is 331 g/mol. The number of carbonyl (C=O) groups is 1. The molecule has 2 atom stereocenters. The number of nitrogens with zero attached hydrogens (tertiary/aromatic N) is 3. The summed E-state index contributed by atoms with van der Waals surface area (Å²) >= 11 is 0. The minimum Gasteiger partial charge on any atom is -0.382 e. The zero-order valence-corrected chi connectivity index (χ0v) is 13.5. The number of oxime groups is 1. The third-order valence-electron chi connectivity index (χ3n) is 4.14. The first kappa shape index (κ1) is 16.2. The molecule has 0 radical (unpaired) electrons. The summed E-state index contributed by atoms with van der Waals surface area (Å²) in [5, 5.41) is 7.86. The molecule has 2 heterocycles. The molecule has 1 amide bonds. The van der Waals surface area contributed by atoms with Gasteiger partial charge in [0.05, 0.1) is 11.8 Å². The number of halogens is 1. The number of amides is 1. The lowest BCUT2D eigenvalue weighted by atomic mass is 10.0. The topological polar surface area (TPSA) is 67.9 Å². The number of rotatable bonds is 5. The SMILES string of the molecule is C[C@@H](c1ccon1)N(C)C(=O)[C@H]1CC(Cc2ccc(F)cc2)=NO1. The van der Waals surface area contributed by atoms with Crippen LogP contribution in [0, 0.1) is 5.82 Å².